The zero-order chi connectivity index (χ0) is 12.5. The first-order chi connectivity index (χ1) is 8.03. The second-order valence-corrected chi connectivity index (χ2v) is 5.45. The molecule has 1 aliphatic heterocycles. The lowest BCUT2D eigenvalue weighted by molar-refractivity contribution is -0.121. The molecule has 2 heteroatoms. The first-order valence-corrected chi connectivity index (χ1v) is 6.43. The molecule has 2 unspecified atom stereocenters. The van der Waals surface area contributed by atoms with Crippen LogP contribution in [0.3, 0.4) is 0 Å². The Morgan fingerprint density at radius 2 is 2.06 bits per heavy atom. The van der Waals surface area contributed by atoms with Crippen molar-refractivity contribution in [1.82, 2.24) is 0 Å². The summed E-state index contributed by atoms with van der Waals surface area (Å²) in [5, 5.41) is 10.9. The fraction of sp³-hybridized carbons (Fsp3) is 0.600. The number of rotatable bonds is 2. The average Bonchev–Trinajstić information content (AvgIpc) is 2.29. The van der Waals surface area contributed by atoms with Crippen molar-refractivity contribution in [3.8, 4) is 0 Å². The van der Waals surface area contributed by atoms with Crippen molar-refractivity contribution >= 4 is 0 Å². The summed E-state index contributed by atoms with van der Waals surface area (Å²) in [7, 11) is 0. The van der Waals surface area contributed by atoms with Gasteiger partial charge in [-0.15, -0.1) is 0 Å². The Labute approximate surface area is 104 Å². The molecule has 2 rings (SSSR count). The summed E-state index contributed by atoms with van der Waals surface area (Å²) in [6.45, 7) is 7.00. The van der Waals surface area contributed by atoms with E-state index < -0.39 is 5.60 Å². The fourth-order valence-corrected chi connectivity index (χ4v) is 2.64. The van der Waals surface area contributed by atoms with E-state index in [9.17, 15) is 5.11 Å². The molecular weight excluding hydrogens is 212 g/mol. The molecule has 1 aliphatic rings. The van der Waals surface area contributed by atoms with Crippen molar-refractivity contribution in [1.29, 1.82) is 0 Å². The van der Waals surface area contributed by atoms with E-state index in [4.69, 9.17) is 4.74 Å². The summed E-state index contributed by atoms with van der Waals surface area (Å²) in [4.78, 5) is 0. The molecule has 2 atom stereocenters. The maximum absolute atomic E-state index is 10.9. The third-order valence-electron chi connectivity index (χ3n) is 3.78. The zero-order valence-corrected chi connectivity index (χ0v) is 10.9. The van der Waals surface area contributed by atoms with Crippen LogP contribution in [0.15, 0.2) is 24.3 Å². The summed E-state index contributed by atoms with van der Waals surface area (Å²) in [5.41, 5.74) is 1.52. The molecule has 2 nitrogen and oxygen atoms in total. The second-order valence-electron chi connectivity index (χ2n) is 5.45. The van der Waals surface area contributed by atoms with Crippen LogP contribution in [0.25, 0.3) is 0 Å². The van der Waals surface area contributed by atoms with Gasteiger partial charge in [-0.25, -0.2) is 0 Å². The van der Waals surface area contributed by atoms with Gasteiger partial charge in [0.25, 0.3) is 0 Å². The van der Waals surface area contributed by atoms with Gasteiger partial charge in [-0.3, -0.25) is 0 Å². The first-order valence-electron chi connectivity index (χ1n) is 6.43. The Balaban J connectivity index is 2.27. The van der Waals surface area contributed by atoms with Gasteiger partial charge in [0.05, 0.1) is 18.3 Å². The predicted molar refractivity (Wildman–Crippen MR) is 68.9 cm³/mol. The Kier molecular flexibility index (Phi) is 3.55. The van der Waals surface area contributed by atoms with Gasteiger partial charge in [0, 0.05) is 12.8 Å². The highest BCUT2D eigenvalue weighted by Crippen LogP contribution is 2.37. The molecule has 1 N–H and O–H groups in total. The van der Waals surface area contributed by atoms with E-state index >= 15 is 0 Å². The largest absolute Gasteiger partial charge is 0.385 e. The summed E-state index contributed by atoms with van der Waals surface area (Å²) < 4.78 is 5.74. The molecule has 0 bridgehead atoms. The number of ether oxygens (including phenoxy) is 1. The van der Waals surface area contributed by atoms with Crippen molar-refractivity contribution in [2.45, 2.75) is 45.3 Å². The van der Waals surface area contributed by atoms with Crippen molar-refractivity contribution in [3.63, 3.8) is 0 Å². The van der Waals surface area contributed by atoms with Gasteiger partial charge in [-0.05, 0) is 24.0 Å². The van der Waals surface area contributed by atoms with E-state index in [0.717, 1.165) is 5.56 Å². The van der Waals surface area contributed by atoms with Crippen LogP contribution in [-0.4, -0.2) is 17.8 Å². The van der Waals surface area contributed by atoms with E-state index in [1.165, 1.54) is 5.56 Å². The van der Waals surface area contributed by atoms with Crippen molar-refractivity contribution in [2.24, 2.45) is 5.92 Å². The zero-order valence-electron chi connectivity index (χ0n) is 10.9. The quantitative estimate of drug-likeness (QED) is 0.852. The Bertz CT molecular complexity index is 386. The third kappa shape index (κ3) is 2.53. The summed E-state index contributed by atoms with van der Waals surface area (Å²) >= 11 is 0. The van der Waals surface area contributed by atoms with Crippen LogP contribution in [-0.2, 0) is 10.3 Å². The van der Waals surface area contributed by atoms with Crippen LogP contribution in [0.5, 0.6) is 0 Å². The van der Waals surface area contributed by atoms with Gasteiger partial charge in [-0.1, -0.05) is 38.1 Å². The monoisotopic (exact) mass is 234 g/mol. The lowest BCUT2D eigenvalue weighted by Gasteiger charge is -2.39. The van der Waals surface area contributed by atoms with Crippen LogP contribution in [0.4, 0.5) is 0 Å². The predicted octanol–water partition coefficient (Wildman–Crippen LogP) is 3.02. The molecule has 1 aromatic carbocycles. The van der Waals surface area contributed by atoms with E-state index in [0.29, 0.717) is 25.4 Å². The smallest absolute Gasteiger partial charge is 0.0945 e. The second kappa shape index (κ2) is 4.79. The summed E-state index contributed by atoms with van der Waals surface area (Å²) in [6, 6.07) is 8.12. The molecule has 1 fully saturated rings. The maximum Gasteiger partial charge on any atom is 0.0945 e. The number of aryl methyl sites for hydroxylation is 1. The molecule has 1 heterocycles. The van der Waals surface area contributed by atoms with E-state index in [2.05, 4.69) is 26.8 Å². The molecular formula is C15H22O2. The van der Waals surface area contributed by atoms with Crippen LogP contribution in [0.1, 0.15) is 37.8 Å². The van der Waals surface area contributed by atoms with Crippen LogP contribution in [0.2, 0.25) is 0 Å². The number of hydrogen-bond donors (Lipinski definition) is 1. The molecule has 0 aromatic heterocycles. The van der Waals surface area contributed by atoms with Crippen molar-refractivity contribution < 1.29 is 9.84 Å². The molecule has 0 amide bonds. The Hall–Kier alpha value is -0.860. The highest BCUT2D eigenvalue weighted by atomic mass is 16.5. The minimum Gasteiger partial charge on any atom is -0.385 e. The van der Waals surface area contributed by atoms with E-state index in [-0.39, 0.29) is 6.10 Å². The minimum atomic E-state index is -0.710. The normalized spacial score (nSPS) is 29.6. The molecule has 0 saturated carbocycles. The van der Waals surface area contributed by atoms with Crippen LogP contribution >= 0.6 is 0 Å². The van der Waals surface area contributed by atoms with E-state index in [1.54, 1.807) is 0 Å². The molecule has 0 radical (unpaired) electrons. The molecule has 17 heavy (non-hydrogen) atoms. The van der Waals surface area contributed by atoms with E-state index in [1.807, 2.05) is 18.2 Å². The Morgan fingerprint density at radius 3 is 2.71 bits per heavy atom. The fourth-order valence-electron chi connectivity index (χ4n) is 2.64. The molecule has 0 spiro atoms. The standard InChI is InChI=1S/C15H22O2/c1-11(2)14-10-15(16,8-9-17-14)13-7-5-4-6-12(13)3/h4-7,11,14,16H,8-10H2,1-3H3. The number of aliphatic hydroxyl groups is 1. The van der Waals surface area contributed by atoms with Gasteiger partial charge in [0.1, 0.15) is 0 Å². The third-order valence-corrected chi connectivity index (χ3v) is 3.78. The first kappa shape index (κ1) is 12.6. The average molecular weight is 234 g/mol. The SMILES string of the molecule is Cc1ccccc1C1(O)CCOC(C(C)C)C1. The van der Waals surface area contributed by atoms with Crippen molar-refractivity contribution in [2.75, 3.05) is 6.61 Å². The number of hydrogen-bond acceptors (Lipinski definition) is 2. The van der Waals surface area contributed by atoms with Gasteiger partial charge in [0.15, 0.2) is 0 Å². The molecule has 0 aliphatic carbocycles. The van der Waals surface area contributed by atoms with Gasteiger partial charge < -0.3 is 9.84 Å². The van der Waals surface area contributed by atoms with Gasteiger partial charge in [-0.2, -0.15) is 0 Å². The Morgan fingerprint density at radius 1 is 1.35 bits per heavy atom. The maximum atomic E-state index is 10.9. The molecule has 1 saturated heterocycles. The topological polar surface area (TPSA) is 29.5 Å². The highest BCUT2D eigenvalue weighted by Gasteiger charge is 2.38. The molecule has 94 valence electrons. The molecule has 1 aromatic rings. The van der Waals surface area contributed by atoms with Crippen LogP contribution in [0, 0.1) is 12.8 Å². The summed E-state index contributed by atoms with van der Waals surface area (Å²) in [5.74, 6) is 0.450. The number of benzene rings is 1. The van der Waals surface area contributed by atoms with Gasteiger partial charge in [0.2, 0.25) is 0 Å². The van der Waals surface area contributed by atoms with Gasteiger partial charge >= 0.3 is 0 Å². The minimum absolute atomic E-state index is 0.161. The van der Waals surface area contributed by atoms with Crippen LogP contribution < -0.4 is 0 Å². The lowest BCUT2D eigenvalue weighted by Crippen LogP contribution is -2.41. The highest BCUT2D eigenvalue weighted by molar-refractivity contribution is 5.31. The van der Waals surface area contributed by atoms with Crippen molar-refractivity contribution in [3.05, 3.63) is 35.4 Å². The lowest BCUT2D eigenvalue weighted by atomic mass is 9.79. The summed E-state index contributed by atoms with van der Waals surface area (Å²) in [6.07, 6.45) is 1.56.